The Hall–Kier alpha value is -3.15. The second-order valence-electron chi connectivity index (χ2n) is 7.01. The number of hydrogen-bond acceptors (Lipinski definition) is 8. The number of hydrogen-bond donors (Lipinski definition) is 0. The lowest BCUT2D eigenvalue weighted by Gasteiger charge is -2.33. The van der Waals surface area contributed by atoms with Crippen molar-refractivity contribution in [3.8, 4) is 5.69 Å². The van der Waals surface area contributed by atoms with Crippen LogP contribution in [-0.2, 0) is 21.3 Å². The third-order valence-corrected chi connectivity index (χ3v) is 7.10. The molecule has 0 amide bonds. The van der Waals surface area contributed by atoms with Gasteiger partial charge in [-0.05, 0) is 34.7 Å². The summed E-state index contributed by atoms with van der Waals surface area (Å²) in [5, 5.41) is 12.0. The Balaban J connectivity index is 1.46. The molecule has 1 aliphatic rings. The fraction of sp³-hybridized carbons (Fsp3) is 0.300. The number of rotatable bonds is 6. The van der Waals surface area contributed by atoms with Crippen LogP contribution in [0.5, 0.6) is 0 Å². The van der Waals surface area contributed by atoms with Crippen LogP contribution in [0.1, 0.15) is 16.2 Å². The number of ether oxygens (including phenoxy) is 1. The third kappa shape index (κ3) is 4.33. The number of methoxy groups -OCH3 is 1. The lowest BCUT2D eigenvalue weighted by Crippen LogP contribution is -2.48. The molecular weight excluding hydrogens is 420 g/mol. The van der Waals surface area contributed by atoms with Gasteiger partial charge in [0, 0.05) is 26.2 Å². The van der Waals surface area contributed by atoms with E-state index >= 15 is 0 Å². The van der Waals surface area contributed by atoms with Crippen molar-refractivity contribution in [1.82, 2.24) is 29.4 Å². The molecule has 10 nitrogen and oxygen atoms in total. The largest absolute Gasteiger partial charge is 0.465 e. The Bertz CT molecular complexity index is 1160. The molecule has 0 bridgehead atoms. The first-order chi connectivity index (χ1) is 15.0. The number of benzene rings is 2. The first-order valence-corrected chi connectivity index (χ1v) is 11.2. The van der Waals surface area contributed by atoms with E-state index in [9.17, 15) is 13.2 Å². The van der Waals surface area contributed by atoms with Crippen molar-refractivity contribution in [1.29, 1.82) is 0 Å². The average Bonchev–Trinajstić information content (AvgIpc) is 3.27. The van der Waals surface area contributed by atoms with E-state index in [0.29, 0.717) is 38.5 Å². The summed E-state index contributed by atoms with van der Waals surface area (Å²) in [7, 11) is -2.59. The minimum atomic E-state index is -3.82. The van der Waals surface area contributed by atoms with Crippen LogP contribution in [0.15, 0.2) is 59.5 Å². The van der Waals surface area contributed by atoms with Gasteiger partial charge >= 0.3 is 5.97 Å². The van der Waals surface area contributed by atoms with E-state index in [1.165, 1.54) is 23.5 Å². The average molecular weight is 443 g/mol. The van der Waals surface area contributed by atoms with Crippen molar-refractivity contribution in [2.45, 2.75) is 11.4 Å². The van der Waals surface area contributed by atoms with Crippen LogP contribution >= 0.6 is 0 Å². The molecule has 0 spiro atoms. The standard InChI is InChI=1S/C20H22N6O4S/c1-30-20(27)17-9-5-6-10-18(17)31(28,29)25-13-11-24(12-14-25)15-19-21-22-23-26(19)16-7-3-2-4-8-16/h2-10H,11-15H2,1H3. The summed E-state index contributed by atoms with van der Waals surface area (Å²) >= 11 is 0. The molecule has 2 heterocycles. The van der Waals surface area contributed by atoms with Crippen molar-refractivity contribution < 1.29 is 17.9 Å². The van der Waals surface area contributed by atoms with Crippen LogP contribution in [-0.4, -0.2) is 77.1 Å². The lowest BCUT2D eigenvalue weighted by atomic mass is 10.2. The Morgan fingerprint density at radius 3 is 2.39 bits per heavy atom. The van der Waals surface area contributed by atoms with E-state index in [2.05, 4.69) is 20.4 Å². The zero-order chi connectivity index (χ0) is 21.8. The van der Waals surface area contributed by atoms with Gasteiger partial charge in [-0.15, -0.1) is 5.10 Å². The molecule has 3 aromatic rings. The van der Waals surface area contributed by atoms with Gasteiger partial charge in [0.05, 0.1) is 29.8 Å². The summed E-state index contributed by atoms with van der Waals surface area (Å²) in [6, 6.07) is 15.7. The Labute approximate surface area is 180 Å². The molecular formula is C20H22N6O4S. The van der Waals surface area contributed by atoms with Gasteiger partial charge in [0.2, 0.25) is 10.0 Å². The topological polar surface area (TPSA) is 111 Å². The summed E-state index contributed by atoms with van der Waals surface area (Å²) in [6.45, 7) is 2.12. The van der Waals surface area contributed by atoms with Crippen molar-refractivity contribution >= 4 is 16.0 Å². The second-order valence-corrected chi connectivity index (χ2v) is 8.92. The molecule has 1 fully saturated rings. The summed E-state index contributed by atoms with van der Waals surface area (Å²) < 4.78 is 34.1. The smallest absolute Gasteiger partial charge is 0.339 e. The molecule has 2 aromatic carbocycles. The predicted molar refractivity (Wildman–Crippen MR) is 111 cm³/mol. The van der Waals surface area contributed by atoms with Crippen molar-refractivity contribution in [3.05, 3.63) is 66.0 Å². The number of para-hydroxylation sites is 1. The van der Waals surface area contributed by atoms with E-state index in [1.807, 2.05) is 30.3 Å². The second kappa shape index (κ2) is 8.92. The van der Waals surface area contributed by atoms with Gasteiger partial charge in [-0.2, -0.15) is 8.99 Å². The maximum atomic E-state index is 13.2. The van der Waals surface area contributed by atoms with E-state index in [0.717, 1.165) is 5.69 Å². The minimum Gasteiger partial charge on any atom is -0.465 e. The molecule has 31 heavy (non-hydrogen) atoms. The molecule has 4 rings (SSSR count). The quantitative estimate of drug-likeness (QED) is 0.519. The molecule has 0 unspecified atom stereocenters. The maximum Gasteiger partial charge on any atom is 0.339 e. The monoisotopic (exact) mass is 442 g/mol. The van der Waals surface area contributed by atoms with Crippen LogP contribution in [0.4, 0.5) is 0 Å². The highest BCUT2D eigenvalue weighted by molar-refractivity contribution is 7.89. The zero-order valence-electron chi connectivity index (χ0n) is 17.0. The molecule has 1 aliphatic heterocycles. The minimum absolute atomic E-state index is 0.0365. The SMILES string of the molecule is COC(=O)c1ccccc1S(=O)(=O)N1CCN(Cc2nnnn2-c2ccccc2)CC1. The third-order valence-electron chi connectivity index (χ3n) is 5.14. The number of nitrogens with zero attached hydrogens (tertiary/aromatic N) is 6. The van der Waals surface area contributed by atoms with Crippen molar-refractivity contribution in [2.75, 3.05) is 33.3 Å². The molecule has 0 atom stereocenters. The summed E-state index contributed by atoms with van der Waals surface area (Å²) in [5.41, 5.74) is 0.901. The van der Waals surface area contributed by atoms with Gasteiger partial charge < -0.3 is 4.74 Å². The van der Waals surface area contributed by atoms with Crippen LogP contribution in [0.3, 0.4) is 0 Å². The maximum absolute atomic E-state index is 13.2. The van der Waals surface area contributed by atoms with E-state index < -0.39 is 16.0 Å². The summed E-state index contributed by atoms with van der Waals surface area (Å²) in [6.07, 6.45) is 0. The van der Waals surface area contributed by atoms with Gasteiger partial charge in [-0.3, -0.25) is 4.90 Å². The van der Waals surface area contributed by atoms with Gasteiger partial charge in [0.15, 0.2) is 5.82 Å². The number of aromatic nitrogens is 4. The van der Waals surface area contributed by atoms with E-state index in [1.54, 1.807) is 16.8 Å². The van der Waals surface area contributed by atoms with Gasteiger partial charge in [0.25, 0.3) is 0 Å². The van der Waals surface area contributed by atoms with Crippen LogP contribution in [0.25, 0.3) is 5.69 Å². The van der Waals surface area contributed by atoms with Gasteiger partial charge in [-0.25, -0.2) is 13.2 Å². The highest BCUT2D eigenvalue weighted by atomic mass is 32.2. The first-order valence-electron chi connectivity index (χ1n) is 9.73. The van der Waals surface area contributed by atoms with Crippen LogP contribution in [0, 0.1) is 0 Å². The Kier molecular flexibility index (Phi) is 6.07. The van der Waals surface area contributed by atoms with E-state index in [4.69, 9.17) is 4.74 Å². The highest BCUT2D eigenvalue weighted by Gasteiger charge is 2.32. The fourth-order valence-corrected chi connectivity index (χ4v) is 5.11. The van der Waals surface area contributed by atoms with E-state index in [-0.39, 0.29) is 10.5 Å². The fourth-order valence-electron chi connectivity index (χ4n) is 3.51. The molecule has 162 valence electrons. The molecule has 1 saturated heterocycles. The molecule has 0 saturated carbocycles. The molecule has 0 N–H and O–H groups in total. The van der Waals surface area contributed by atoms with Gasteiger partial charge in [-0.1, -0.05) is 30.3 Å². The Morgan fingerprint density at radius 2 is 1.68 bits per heavy atom. The van der Waals surface area contributed by atoms with Crippen molar-refractivity contribution in [3.63, 3.8) is 0 Å². The van der Waals surface area contributed by atoms with Crippen molar-refractivity contribution in [2.24, 2.45) is 0 Å². The Morgan fingerprint density at radius 1 is 1.00 bits per heavy atom. The number of tetrazole rings is 1. The summed E-state index contributed by atoms with van der Waals surface area (Å²) in [5.74, 6) is 0.00380. The van der Waals surface area contributed by atoms with Crippen LogP contribution < -0.4 is 0 Å². The normalized spacial score (nSPS) is 15.6. The number of piperazine rings is 1. The molecule has 11 heteroatoms. The number of esters is 1. The van der Waals surface area contributed by atoms with Gasteiger partial charge in [0.1, 0.15) is 0 Å². The number of carbonyl (C=O) groups is 1. The molecule has 0 radical (unpaired) electrons. The lowest BCUT2D eigenvalue weighted by molar-refractivity contribution is 0.0596. The summed E-state index contributed by atoms with van der Waals surface area (Å²) in [4.78, 5) is 14.1. The first kappa shape index (κ1) is 21.1. The number of sulfonamides is 1. The predicted octanol–water partition coefficient (Wildman–Crippen LogP) is 0.955. The zero-order valence-corrected chi connectivity index (χ0v) is 17.8. The van der Waals surface area contributed by atoms with Crippen LogP contribution in [0.2, 0.25) is 0 Å². The molecule has 0 aliphatic carbocycles. The highest BCUT2D eigenvalue weighted by Crippen LogP contribution is 2.22. The number of carbonyl (C=O) groups excluding carboxylic acids is 1. The molecule has 1 aromatic heterocycles.